The van der Waals surface area contributed by atoms with E-state index in [1.807, 2.05) is 0 Å². The van der Waals surface area contributed by atoms with Gasteiger partial charge in [0.2, 0.25) is 5.91 Å². The third kappa shape index (κ3) is 6.02. The Hall–Kier alpha value is -4.53. The lowest BCUT2D eigenvalue weighted by molar-refractivity contribution is -0.148. The Labute approximate surface area is 260 Å². The van der Waals surface area contributed by atoms with Crippen LogP contribution in [0, 0.1) is 30.4 Å². The van der Waals surface area contributed by atoms with Crippen LogP contribution >= 0.6 is 0 Å². The third-order valence-corrected chi connectivity index (χ3v) is 10.3. The molecule has 1 aromatic heterocycles. The molecular formula is C31H29F5N4O5S. The van der Waals surface area contributed by atoms with Crippen molar-refractivity contribution in [1.82, 2.24) is 9.55 Å². The summed E-state index contributed by atoms with van der Waals surface area (Å²) in [5, 5.41) is 12.4. The SMILES string of the molecule is Cc1nc2cc(S(=O)(=O)N(C)c3ccc([C@H]4CCC[C@@H](C(=O)Nc5ccc(C(F)(F)F)cc5F)[C@@H]4C(=O)O)cc3)cc(F)c2n1C. The number of aliphatic carboxylic acids is 1. The third-order valence-electron chi connectivity index (χ3n) is 8.54. The highest BCUT2D eigenvalue weighted by atomic mass is 32.2. The summed E-state index contributed by atoms with van der Waals surface area (Å²) in [7, 11) is -1.33. The number of carbonyl (C=O) groups excluding carboxylic acids is 1. The molecule has 0 radical (unpaired) electrons. The lowest BCUT2D eigenvalue weighted by Crippen LogP contribution is -2.40. The number of carbonyl (C=O) groups is 2. The van der Waals surface area contributed by atoms with Crippen LogP contribution in [-0.4, -0.2) is 42.0 Å². The van der Waals surface area contributed by atoms with Gasteiger partial charge in [-0.1, -0.05) is 18.6 Å². The number of alkyl halides is 3. The first kappa shape index (κ1) is 32.9. The van der Waals surface area contributed by atoms with E-state index >= 15 is 0 Å². The van der Waals surface area contributed by atoms with Gasteiger partial charge in [-0.05, 0) is 73.7 Å². The zero-order chi connectivity index (χ0) is 33.7. The first-order valence-corrected chi connectivity index (χ1v) is 15.6. The van der Waals surface area contributed by atoms with Crippen molar-refractivity contribution in [2.45, 2.75) is 43.2 Å². The molecule has 1 fully saturated rings. The number of nitrogens with zero attached hydrogens (tertiary/aromatic N) is 3. The normalized spacial score (nSPS) is 18.8. The molecular weight excluding hydrogens is 635 g/mol. The van der Waals surface area contributed by atoms with Crippen LogP contribution in [0.4, 0.5) is 33.3 Å². The van der Waals surface area contributed by atoms with Gasteiger partial charge in [-0.3, -0.25) is 13.9 Å². The molecule has 0 spiro atoms. The van der Waals surface area contributed by atoms with E-state index in [2.05, 4.69) is 10.3 Å². The Morgan fingerprint density at radius 3 is 2.30 bits per heavy atom. The zero-order valence-corrected chi connectivity index (χ0v) is 25.6. The Morgan fingerprint density at radius 1 is 1.02 bits per heavy atom. The van der Waals surface area contributed by atoms with Crippen LogP contribution in [0.25, 0.3) is 11.0 Å². The number of rotatable bonds is 7. The van der Waals surface area contributed by atoms with Crippen molar-refractivity contribution >= 4 is 44.3 Å². The number of imidazole rings is 1. The molecule has 0 saturated heterocycles. The number of halogens is 5. The Morgan fingerprint density at radius 2 is 1.70 bits per heavy atom. The molecule has 3 aromatic carbocycles. The monoisotopic (exact) mass is 664 g/mol. The van der Waals surface area contributed by atoms with E-state index in [0.717, 1.165) is 16.4 Å². The molecule has 0 bridgehead atoms. The van der Waals surface area contributed by atoms with Gasteiger partial charge in [-0.25, -0.2) is 22.2 Å². The van der Waals surface area contributed by atoms with E-state index in [4.69, 9.17) is 0 Å². The maximum Gasteiger partial charge on any atom is 0.416 e. The Bertz CT molecular complexity index is 1940. The standard InChI is InChI=1S/C31H29F5N4O5S/c1-16-37-26-15-20(14-24(33)28(26)39(16)2)46(44,45)40(3)19-10-7-17(8-11-19)21-5-4-6-22(27(21)30(42)43)29(41)38-25-12-9-18(13-23(25)32)31(34,35)36/h7-15,21-22,27H,4-6H2,1-3H3,(H,38,41)(H,42,43)/t21-,22-,27-/m1/s1. The molecule has 4 aromatic rings. The Kier molecular flexibility index (Phi) is 8.57. The van der Waals surface area contributed by atoms with Gasteiger partial charge in [0.15, 0.2) is 0 Å². The van der Waals surface area contributed by atoms with Crippen molar-refractivity contribution in [1.29, 1.82) is 0 Å². The van der Waals surface area contributed by atoms with Gasteiger partial charge in [0.05, 0.1) is 39.2 Å². The van der Waals surface area contributed by atoms with Crippen molar-refractivity contribution in [3.63, 3.8) is 0 Å². The molecule has 1 amide bonds. The molecule has 5 rings (SSSR count). The van der Waals surface area contributed by atoms with E-state index in [1.165, 1.54) is 29.8 Å². The minimum atomic E-state index is -4.78. The summed E-state index contributed by atoms with van der Waals surface area (Å²) < 4.78 is 97.4. The summed E-state index contributed by atoms with van der Waals surface area (Å²) in [4.78, 5) is 29.5. The van der Waals surface area contributed by atoms with E-state index in [0.29, 0.717) is 30.3 Å². The second-order valence-electron chi connectivity index (χ2n) is 11.2. The van der Waals surface area contributed by atoms with Crippen molar-refractivity contribution in [2.75, 3.05) is 16.7 Å². The second-order valence-corrected chi connectivity index (χ2v) is 13.2. The number of aryl methyl sites for hydroxylation is 2. The van der Waals surface area contributed by atoms with Crippen molar-refractivity contribution < 1.29 is 45.1 Å². The molecule has 15 heteroatoms. The van der Waals surface area contributed by atoms with Gasteiger partial charge < -0.3 is 15.0 Å². The number of hydrogen-bond donors (Lipinski definition) is 2. The van der Waals surface area contributed by atoms with Gasteiger partial charge in [-0.2, -0.15) is 13.2 Å². The van der Waals surface area contributed by atoms with Gasteiger partial charge in [-0.15, -0.1) is 0 Å². The minimum Gasteiger partial charge on any atom is -0.481 e. The lowest BCUT2D eigenvalue weighted by atomic mass is 9.69. The topological polar surface area (TPSA) is 122 Å². The zero-order valence-electron chi connectivity index (χ0n) is 24.8. The summed E-state index contributed by atoms with van der Waals surface area (Å²) in [5.41, 5.74) is -0.676. The highest BCUT2D eigenvalue weighted by molar-refractivity contribution is 7.92. The number of hydrogen-bond acceptors (Lipinski definition) is 5. The summed E-state index contributed by atoms with van der Waals surface area (Å²) in [6.45, 7) is 1.66. The van der Waals surface area contributed by atoms with Gasteiger partial charge in [0, 0.05) is 14.1 Å². The number of aromatic nitrogens is 2. The number of carboxylic acids is 1. The van der Waals surface area contributed by atoms with Crippen LogP contribution in [0.15, 0.2) is 59.5 Å². The van der Waals surface area contributed by atoms with Crippen LogP contribution in [0.1, 0.15) is 42.1 Å². The highest BCUT2D eigenvalue weighted by Crippen LogP contribution is 2.43. The fourth-order valence-corrected chi connectivity index (χ4v) is 7.22. The highest BCUT2D eigenvalue weighted by Gasteiger charge is 2.43. The minimum absolute atomic E-state index is 0.150. The second kappa shape index (κ2) is 12.0. The van der Waals surface area contributed by atoms with Crippen molar-refractivity contribution in [3.05, 3.63) is 83.2 Å². The molecule has 3 atom stereocenters. The molecule has 1 aliphatic carbocycles. The fourth-order valence-electron chi connectivity index (χ4n) is 5.99. The van der Waals surface area contributed by atoms with E-state index < -0.39 is 68.7 Å². The number of sulfonamides is 1. The average molecular weight is 665 g/mol. The van der Waals surface area contributed by atoms with Crippen LogP contribution in [0.2, 0.25) is 0 Å². The molecule has 1 aliphatic rings. The summed E-state index contributed by atoms with van der Waals surface area (Å²) in [6, 6.07) is 9.87. The van der Waals surface area contributed by atoms with Crippen LogP contribution < -0.4 is 9.62 Å². The van der Waals surface area contributed by atoms with Gasteiger partial charge in [0.1, 0.15) is 23.0 Å². The lowest BCUT2D eigenvalue weighted by Gasteiger charge is -2.35. The predicted octanol–water partition coefficient (Wildman–Crippen LogP) is 6.23. The molecule has 2 N–H and O–H groups in total. The molecule has 0 unspecified atom stereocenters. The van der Waals surface area contributed by atoms with Crippen molar-refractivity contribution in [3.8, 4) is 0 Å². The van der Waals surface area contributed by atoms with E-state index in [-0.39, 0.29) is 34.1 Å². The number of nitrogens with one attached hydrogen (secondary N) is 1. The van der Waals surface area contributed by atoms with Crippen LogP contribution in [0.3, 0.4) is 0 Å². The van der Waals surface area contributed by atoms with Gasteiger partial charge >= 0.3 is 12.1 Å². The number of amides is 1. The molecule has 1 heterocycles. The summed E-state index contributed by atoms with van der Waals surface area (Å²) in [5.74, 6) is -6.75. The number of fused-ring (bicyclic) bond motifs is 1. The van der Waals surface area contributed by atoms with Crippen LogP contribution in [-0.2, 0) is 32.8 Å². The Balaban J connectivity index is 1.37. The first-order valence-electron chi connectivity index (χ1n) is 14.1. The van der Waals surface area contributed by atoms with E-state index in [9.17, 15) is 45.1 Å². The smallest absolute Gasteiger partial charge is 0.416 e. The molecule has 1 saturated carbocycles. The molecule has 244 valence electrons. The first-order chi connectivity index (χ1) is 21.5. The van der Waals surface area contributed by atoms with Crippen molar-refractivity contribution in [2.24, 2.45) is 18.9 Å². The maximum atomic E-state index is 14.9. The molecule has 46 heavy (non-hydrogen) atoms. The quantitative estimate of drug-likeness (QED) is 0.226. The van der Waals surface area contributed by atoms with Gasteiger partial charge in [0.25, 0.3) is 10.0 Å². The van der Waals surface area contributed by atoms with Crippen LogP contribution in [0.5, 0.6) is 0 Å². The summed E-state index contributed by atoms with van der Waals surface area (Å²) in [6.07, 6.45) is -3.82. The maximum absolute atomic E-state index is 14.9. The largest absolute Gasteiger partial charge is 0.481 e. The molecule has 9 nitrogen and oxygen atoms in total. The number of anilines is 2. The number of carboxylic acid groups (broad SMARTS) is 1. The fraction of sp³-hybridized carbons (Fsp3) is 0.323. The van der Waals surface area contributed by atoms with E-state index in [1.54, 1.807) is 26.1 Å². The average Bonchev–Trinajstić information content (AvgIpc) is 3.29. The molecule has 0 aliphatic heterocycles. The summed E-state index contributed by atoms with van der Waals surface area (Å²) >= 11 is 0. The number of benzene rings is 3. The predicted molar refractivity (Wildman–Crippen MR) is 159 cm³/mol.